The van der Waals surface area contributed by atoms with Crippen molar-refractivity contribution in [1.82, 2.24) is 0 Å². The Morgan fingerprint density at radius 3 is 0.533 bits per heavy atom. The van der Waals surface area contributed by atoms with E-state index in [1.807, 2.05) is 75.9 Å². The first-order valence-corrected chi connectivity index (χ1v) is 7.58. The average molecular weight is 409 g/mol. The van der Waals surface area contributed by atoms with Crippen LogP contribution in [0.2, 0.25) is 11.6 Å². The third-order valence-electron chi connectivity index (χ3n) is 1.11. The molecule has 2 aliphatic rings. The maximum Gasteiger partial charge on any atom is 0 e. The van der Waals surface area contributed by atoms with Crippen LogP contribution in [-0.2, 0) is 26.2 Å². The summed E-state index contributed by atoms with van der Waals surface area (Å²) in [4.78, 5) is 0. The summed E-state index contributed by atoms with van der Waals surface area (Å²) in [5.41, 5.74) is 0. The topological polar surface area (TPSA) is 0 Å². The fourth-order valence-corrected chi connectivity index (χ4v) is 0.642. The molecule has 3 heteroatoms. The smallest absolute Gasteiger partial charge is 0 e. The van der Waals surface area contributed by atoms with E-state index in [-0.39, 0.29) is 26.2 Å². The van der Waals surface area contributed by atoms with Crippen molar-refractivity contribution >= 4 is 32.0 Å². The van der Waals surface area contributed by atoms with Gasteiger partial charge in [-0.25, -0.2) is 0 Å². The second kappa shape index (κ2) is 24.9. The van der Waals surface area contributed by atoms with Gasteiger partial charge in [-0.05, 0) is 64.2 Å². The molecule has 12 radical (unpaired) electrons. The molecule has 0 heterocycles. The molecule has 0 aliphatic heterocycles. The van der Waals surface area contributed by atoms with Crippen LogP contribution < -0.4 is 0 Å². The minimum atomic E-state index is 0. The van der Waals surface area contributed by atoms with Gasteiger partial charge in [0.2, 0.25) is 0 Å². The summed E-state index contributed by atoms with van der Waals surface area (Å²) in [7, 11) is 0. The molecule has 0 nitrogen and oxygen atoms in total. The molecule has 0 N–H and O–H groups in total. The summed E-state index contributed by atoms with van der Waals surface area (Å²) < 4.78 is 0. The van der Waals surface area contributed by atoms with E-state index in [1.54, 1.807) is 0 Å². The van der Waals surface area contributed by atoms with E-state index in [9.17, 15) is 0 Å². The van der Waals surface area contributed by atoms with Crippen molar-refractivity contribution in [3.63, 3.8) is 0 Å². The molecule has 0 unspecified atom stereocenters. The third kappa shape index (κ3) is 21.7. The maximum absolute atomic E-state index is 2.62. The van der Waals surface area contributed by atoms with Crippen molar-refractivity contribution in [2.75, 3.05) is 0 Å². The van der Waals surface area contributed by atoms with Crippen molar-refractivity contribution in [3.05, 3.63) is 64.2 Å². The summed E-state index contributed by atoms with van der Waals surface area (Å²) >= 11 is 5.25. The van der Waals surface area contributed by atoms with Gasteiger partial charge in [-0.15, -0.1) is 0 Å². The Morgan fingerprint density at radius 2 is 0.467 bits per heavy atom. The first-order valence-electron chi connectivity index (χ1n) is 4.15. The number of rotatable bonds is 0. The molecule has 80 valence electrons. The Bertz CT molecular complexity index is 46.8. The second-order valence-electron chi connectivity index (χ2n) is 1.92. The Morgan fingerprint density at radius 1 is 0.400 bits per heavy atom. The summed E-state index contributed by atoms with van der Waals surface area (Å²) in [5, 5.41) is 0. The van der Waals surface area contributed by atoms with E-state index in [0.717, 1.165) is 0 Å². The quantitative estimate of drug-likeness (QED) is 0.540. The van der Waals surface area contributed by atoms with Gasteiger partial charge in [-0.2, -0.15) is 0 Å². The number of hydrogen-bond acceptors (Lipinski definition) is 0. The van der Waals surface area contributed by atoms with Crippen LogP contribution in [0, 0.1) is 64.2 Å². The molecule has 2 fully saturated rings. The Balaban J connectivity index is -0.000000138. The molecule has 15 heavy (non-hydrogen) atoms. The van der Waals surface area contributed by atoms with Crippen molar-refractivity contribution in [2.45, 2.75) is 11.6 Å². The van der Waals surface area contributed by atoms with Gasteiger partial charge in [-0.1, -0.05) is 0 Å². The summed E-state index contributed by atoms with van der Waals surface area (Å²) in [6, 6.07) is 0. The molecule has 0 aromatic carbocycles. The summed E-state index contributed by atoms with van der Waals surface area (Å²) in [5.74, 6) is 3.75. The molecule has 0 aromatic heterocycles. The normalized spacial score (nSPS) is 16.8. The van der Waals surface area contributed by atoms with E-state index in [1.165, 1.54) is 0 Å². The van der Waals surface area contributed by atoms with Gasteiger partial charge in [-0.3, -0.25) is 0 Å². The molecule has 0 amide bonds. The van der Waals surface area contributed by atoms with E-state index in [0.29, 0.717) is 0 Å². The van der Waals surface area contributed by atoms with Crippen LogP contribution in [0.15, 0.2) is 0 Å². The Kier molecular flexibility index (Phi) is 36.8. The zero-order chi connectivity index (χ0) is 11.1. The minimum Gasteiger partial charge on any atom is -0.0312 e. The minimum absolute atomic E-state index is 0. The van der Waals surface area contributed by atoms with Crippen molar-refractivity contribution in [2.24, 2.45) is 0 Å². The van der Waals surface area contributed by atoms with Crippen LogP contribution in [0.25, 0.3) is 0 Å². The van der Waals surface area contributed by atoms with Gasteiger partial charge < -0.3 is 0 Å². The molecule has 0 spiro atoms. The summed E-state index contributed by atoms with van der Waals surface area (Å²) in [6.45, 7) is 0. The monoisotopic (exact) mass is 410 g/mol. The van der Waals surface area contributed by atoms with Gasteiger partial charge in [0.25, 0.3) is 0 Å². The van der Waals surface area contributed by atoms with Crippen LogP contribution in [0.3, 0.4) is 0 Å². The molecule has 0 saturated heterocycles. The predicted molar refractivity (Wildman–Crippen MR) is 66.2 cm³/mol. The van der Waals surface area contributed by atoms with E-state index in [4.69, 9.17) is 0 Å². The molecule has 0 aromatic rings. The van der Waals surface area contributed by atoms with Crippen LogP contribution in [0.5, 0.6) is 0 Å². The largest absolute Gasteiger partial charge is 0.0312 e. The van der Waals surface area contributed by atoms with Crippen molar-refractivity contribution in [3.8, 4) is 0 Å². The van der Waals surface area contributed by atoms with Gasteiger partial charge >= 0.3 is 43.7 Å². The molecule has 0 bridgehead atoms. The SMILES string of the molecule is C[Se].C[Se].[CH]1[CH][CH][CH][CH]1.[CH]1[CH][CH][CH][CH]1.[Zr]. The first kappa shape index (κ1) is 22.1. The zero-order valence-corrected chi connectivity index (χ0v) is 15.0. The molecule has 2 saturated carbocycles. The molecular formula is C12H16Se2Zr. The fraction of sp³-hybridized carbons (Fsp3) is 0.167. The standard InChI is InChI=1S/2C5H5.2CH3Se.Zr/c2*1-2-4-5-3-1;2*1-2;/h2*1-5H;2*1H3;. The maximum atomic E-state index is 2.62. The fourth-order valence-electron chi connectivity index (χ4n) is 0.642. The second-order valence-corrected chi connectivity index (χ2v) is 1.92. The van der Waals surface area contributed by atoms with Crippen molar-refractivity contribution in [1.29, 1.82) is 0 Å². The van der Waals surface area contributed by atoms with E-state index >= 15 is 0 Å². The van der Waals surface area contributed by atoms with Crippen LogP contribution in [0.4, 0.5) is 0 Å². The van der Waals surface area contributed by atoms with Crippen LogP contribution >= 0.6 is 0 Å². The van der Waals surface area contributed by atoms with Crippen LogP contribution in [-0.4, -0.2) is 32.0 Å². The Hall–Kier alpha value is 1.92. The molecule has 2 aliphatic carbocycles. The average Bonchev–Trinajstić information content (AvgIpc) is 3.01. The summed E-state index contributed by atoms with van der Waals surface area (Å²) in [6.07, 6.45) is 20.0. The van der Waals surface area contributed by atoms with E-state index < -0.39 is 0 Å². The third-order valence-corrected chi connectivity index (χ3v) is 1.11. The van der Waals surface area contributed by atoms with Crippen molar-refractivity contribution < 1.29 is 26.2 Å². The molecular weight excluding hydrogens is 393 g/mol. The predicted octanol–water partition coefficient (Wildman–Crippen LogP) is 2.45. The molecule has 2 rings (SSSR count). The van der Waals surface area contributed by atoms with Gasteiger partial charge in [0.1, 0.15) is 0 Å². The first-order chi connectivity index (χ1) is 7.00. The van der Waals surface area contributed by atoms with E-state index in [2.05, 4.69) is 32.0 Å². The van der Waals surface area contributed by atoms with Gasteiger partial charge in [0.05, 0.1) is 0 Å². The van der Waals surface area contributed by atoms with Gasteiger partial charge in [0.15, 0.2) is 0 Å². The van der Waals surface area contributed by atoms with Gasteiger partial charge in [0, 0.05) is 26.2 Å². The molecule has 0 atom stereocenters. The number of hydrogen-bond donors (Lipinski definition) is 0. The van der Waals surface area contributed by atoms with Crippen LogP contribution in [0.1, 0.15) is 0 Å². The Labute approximate surface area is 133 Å². The zero-order valence-electron chi connectivity index (χ0n) is 9.09.